The molecule has 0 spiro atoms. The number of benzene rings is 2. The number of aromatic nitrogens is 1. The average Bonchev–Trinajstić information content (AvgIpc) is 2.88. The average molecular weight is 252 g/mol. The first-order valence-corrected chi connectivity index (χ1v) is 6.53. The molecule has 96 valence electrons. The minimum atomic E-state index is 0.576. The molecule has 3 nitrogen and oxygen atoms in total. The number of anilines is 1. The van der Waals surface area contributed by atoms with Gasteiger partial charge in [0.05, 0.1) is 0 Å². The van der Waals surface area contributed by atoms with Gasteiger partial charge in [0.2, 0.25) is 0 Å². The third kappa shape index (κ3) is 2.45. The lowest BCUT2D eigenvalue weighted by Gasteiger charge is -2.07. The van der Waals surface area contributed by atoms with Gasteiger partial charge in [-0.2, -0.15) is 4.98 Å². The van der Waals surface area contributed by atoms with Crippen LogP contribution >= 0.6 is 0 Å². The van der Waals surface area contributed by atoms with Gasteiger partial charge in [-0.15, -0.1) is 0 Å². The zero-order valence-corrected chi connectivity index (χ0v) is 10.9. The lowest BCUT2D eigenvalue weighted by Crippen LogP contribution is -2.02. The van der Waals surface area contributed by atoms with E-state index in [9.17, 15) is 0 Å². The van der Waals surface area contributed by atoms with E-state index < -0.39 is 0 Å². The van der Waals surface area contributed by atoms with Crippen LogP contribution in [0.1, 0.15) is 18.1 Å². The zero-order chi connectivity index (χ0) is 13.1. The second kappa shape index (κ2) is 5.14. The van der Waals surface area contributed by atoms with Crippen molar-refractivity contribution in [1.29, 1.82) is 0 Å². The molecule has 0 saturated carbocycles. The minimum Gasteiger partial charge on any atom is -0.424 e. The number of oxazole rings is 1. The van der Waals surface area contributed by atoms with Crippen molar-refractivity contribution in [2.45, 2.75) is 19.9 Å². The number of fused-ring (bicyclic) bond motifs is 1. The number of rotatable bonds is 4. The molecule has 0 aliphatic rings. The fraction of sp³-hybridized carbons (Fsp3) is 0.188. The highest BCUT2D eigenvalue weighted by atomic mass is 16.4. The SMILES string of the molecule is CCc1ccccc1CNc1nc2ccccc2o1. The Labute approximate surface area is 112 Å². The molecule has 0 aliphatic carbocycles. The summed E-state index contributed by atoms with van der Waals surface area (Å²) in [6.45, 7) is 2.90. The van der Waals surface area contributed by atoms with Gasteiger partial charge in [-0.25, -0.2) is 0 Å². The smallest absolute Gasteiger partial charge is 0.295 e. The summed E-state index contributed by atoms with van der Waals surface area (Å²) in [6, 6.07) is 16.8. The first-order valence-electron chi connectivity index (χ1n) is 6.53. The van der Waals surface area contributed by atoms with Gasteiger partial charge in [0.15, 0.2) is 5.58 Å². The van der Waals surface area contributed by atoms with E-state index in [1.54, 1.807) is 0 Å². The highest BCUT2D eigenvalue weighted by Gasteiger charge is 2.05. The van der Waals surface area contributed by atoms with E-state index in [1.165, 1.54) is 11.1 Å². The van der Waals surface area contributed by atoms with E-state index in [-0.39, 0.29) is 0 Å². The van der Waals surface area contributed by atoms with E-state index in [0.29, 0.717) is 6.01 Å². The van der Waals surface area contributed by atoms with Gasteiger partial charge in [0.1, 0.15) is 5.52 Å². The van der Waals surface area contributed by atoms with Crippen molar-refractivity contribution in [3.63, 3.8) is 0 Å². The molecule has 0 aliphatic heterocycles. The van der Waals surface area contributed by atoms with Gasteiger partial charge < -0.3 is 9.73 Å². The van der Waals surface area contributed by atoms with Crippen LogP contribution in [0.4, 0.5) is 6.01 Å². The van der Waals surface area contributed by atoms with Crippen molar-refractivity contribution < 1.29 is 4.42 Å². The summed E-state index contributed by atoms with van der Waals surface area (Å²) in [5, 5.41) is 3.25. The number of hydrogen-bond acceptors (Lipinski definition) is 3. The molecule has 3 rings (SSSR count). The Balaban J connectivity index is 1.78. The van der Waals surface area contributed by atoms with Gasteiger partial charge >= 0.3 is 0 Å². The Morgan fingerprint density at radius 3 is 2.53 bits per heavy atom. The summed E-state index contributed by atoms with van der Waals surface area (Å²) in [6.07, 6.45) is 1.03. The van der Waals surface area contributed by atoms with Gasteiger partial charge in [-0.05, 0) is 29.7 Å². The fourth-order valence-corrected chi connectivity index (χ4v) is 2.19. The number of nitrogens with one attached hydrogen (secondary N) is 1. The van der Waals surface area contributed by atoms with Crippen molar-refractivity contribution >= 4 is 17.1 Å². The maximum atomic E-state index is 5.64. The second-order valence-electron chi connectivity index (χ2n) is 4.46. The molecule has 1 N–H and O–H groups in total. The van der Waals surface area contributed by atoms with Crippen molar-refractivity contribution in [2.24, 2.45) is 0 Å². The van der Waals surface area contributed by atoms with Crippen LogP contribution in [0.25, 0.3) is 11.1 Å². The summed E-state index contributed by atoms with van der Waals surface area (Å²) < 4.78 is 5.64. The standard InChI is InChI=1S/C16H16N2O/c1-2-12-7-3-4-8-13(12)11-17-16-18-14-9-5-6-10-15(14)19-16/h3-10H,2,11H2,1H3,(H,17,18). The number of aryl methyl sites for hydroxylation is 1. The summed E-state index contributed by atoms with van der Waals surface area (Å²) in [5.41, 5.74) is 4.33. The quantitative estimate of drug-likeness (QED) is 0.762. The first-order chi connectivity index (χ1) is 9.36. The van der Waals surface area contributed by atoms with Crippen LogP contribution in [0.2, 0.25) is 0 Å². The molecule has 19 heavy (non-hydrogen) atoms. The molecule has 0 amide bonds. The van der Waals surface area contributed by atoms with Crippen LogP contribution in [0, 0.1) is 0 Å². The van der Waals surface area contributed by atoms with Crippen molar-refractivity contribution in [3.8, 4) is 0 Å². The van der Waals surface area contributed by atoms with Gasteiger partial charge in [-0.3, -0.25) is 0 Å². The minimum absolute atomic E-state index is 0.576. The first kappa shape index (κ1) is 11.8. The van der Waals surface area contributed by atoms with Crippen LogP contribution in [-0.2, 0) is 13.0 Å². The molecule has 0 unspecified atom stereocenters. The van der Waals surface area contributed by atoms with Crippen molar-refractivity contribution in [2.75, 3.05) is 5.32 Å². The molecule has 1 aromatic heterocycles. The molecule has 3 heteroatoms. The van der Waals surface area contributed by atoms with Crippen LogP contribution in [0.3, 0.4) is 0 Å². The highest BCUT2D eigenvalue weighted by Crippen LogP contribution is 2.19. The van der Waals surface area contributed by atoms with Crippen molar-refractivity contribution in [3.05, 3.63) is 59.7 Å². The van der Waals surface area contributed by atoms with Crippen LogP contribution in [0.5, 0.6) is 0 Å². The maximum Gasteiger partial charge on any atom is 0.295 e. The Morgan fingerprint density at radius 2 is 1.74 bits per heavy atom. The van der Waals surface area contributed by atoms with E-state index in [4.69, 9.17) is 4.42 Å². The Hall–Kier alpha value is -2.29. The van der Waals surface area contributed by atoms with E-state index >= 15 is 0 Å². The third-order valence-electron chi connectivity index (χ3n) is 3.22. The normalized spacial score (nSPS) is 10.8. The number of nitrogens with zero attached hydrogens (tertiary/aromatic N) is 1. The maximum absolute atomic E-state index is 5.64. The van der Waals surface area contributed by atoms with Crippen molar-refractivity contribution in [1.82, 2.24) is 4.98 Å². The molecule has 0 bridgehead atoms. The molecular weight excluding hydrogens is 236 g/mol. The molecule has 0 fully saturated rings. The molecule has 1 heterocycles. The van der Waals surface area contributed by atoms with Crippen LogP contribution in [-0.4, -0.2) is 4.98 Å². The van der Waals surface area contributed by atoms with E-state index in [1.807, 2.05) is 24.3 Å². The topological polar surface area (TPSA) is 38.1 Å². The molecular formula is C16H16N2O. The number of para-hydroxylation sites is 2. The molecule has 3 aromatic rings. The summed E-state index contributed by atoms with van der Waals surface area (Å²) in [4.78, 5) is 4.41. The summed E-state index contributed by atoms with van der Waals surface area (Å²) in [5.74, 6) is 0. The third-order valence-corrected chi connectivity index (χ3v) is 3.22. The Morgan fingerprint density at radius 1 is 1.00 bits per heavy atom. The molecule has 0 saturated heterocycles. The fourth-order valence-electron chi connectivity index (χ4n) is 2.19. The zero-order valence-electron chi connectivity index (χ0n) is 10.9. The second-order valence-corrected chi connectivity index (χ2v) is 4.46. The van der Waals surface area contributed by atoms with Gasteiger partial charge in [-0.1, -0.05) is 43.3 Å². The van der Waals surface area contributed by atoms with E-state index in [0.717, 1.165) is 24.1 Å². The summed E-state index contributed by atoms with van der Waals surface area (Å²) in [7, 11) is 0. The monoisotopic (exact) mass is 252 g/mol. The van der Waals surface area contributed by atoms with Gasteiger partial charge in [0.25, 0.3) is 6.01 Å². The predicted molar refractivity (Wildman–Crippen MR) is 77.2 cm³/mol. The Kier molecular flexibility index (Phi) is 3.19. The van der Waals surface area contributed by atoms with Gasteiger partial charge in [0, 0.05) is 6.54 Å². The van der Waals surface area contributed by atoms with Crippen LogP contribution in [0.15, 0.2) is 52.9 Å². The molecule has 2 aromatic carbocycles. The Bertz CT molecular complexity index is 655. The molecule has 0 atom stereocenters. The molecule has 0 radical (unpaired) electrons. The largest absolute Gasteiger partial charge is 0.424 e. The predicted octanol–water partition coefficient (Wildman–Crippen LogP) is 4.00. The lowest BCUT2D eigenvalue weighted by molar-refractivity contribution is 0.614. The van der Waals surface area contributed by atoms with Crippen LogP contribution < -0.4 is 5.32 Å². The summed E-state index contributed by atoms with van der Waals surface area (Å²) >= 11 is 0. The van der Waals surface area contributed by atoms with E-state index in [2.05, 4.69) is 41.5 Å². The number of hydrogen-bond donors (Lipinski definition) is 1. The highest BCUT2D eigenvalue weighted by molar-refractivity contribution is 5.74. The lowest BCUT2D eigenvalue weighted by atomic mass is 10.1.